The van der Waals surface area contributed by atoms with Gasteiger partial charge in [0, 0.05) is 17.4 Å². The Bertz CT molecular complexity index is 1640. The summed E-state index contributed by atoms with van der Waals surface area (Å²) in [4.78, 5) is 23.2. The van der Waals surface area contributed by atoms with Gasteiger partial charge in [0.15, 0.2) is 16.7 Å². The zero-order valence-corrected chi connectivity index (χ0v) is 22.4. The Kier molecular flexibility index (Phi) is 7.37. The van der Waals surface area contributed by atoms with Crippen molar-refractivity contribution in [2.75, 3.05) is 20.8 Å². The molecule has 0 fully saturated rings. The molecular formula is C29H27N3O5S. The topological polar surface area (TPSA) is 88.6 Å². The highest BCUT2D eigenvalue weighted by Crippen LogP contribution is 2.32. The number of rotatable bonds is 9. The summed E-state index contributed by atoms with van der Waals surface area (Å²) in [6.07, 6.45) is 0. The Morgan fingerprint density at radius 2 is 1.71 bits per heavy atom. The molecule has 38 heavy (non-hydrogen) atoms. The molecule has 0 spiro atoms. The van der Waals surface area contributed by atoms with Crippen molar-refractivity contribution in [1.29, 1.82) is 0 Å². The number of thioether (sulfide) groups is 1. The number of hydrogen-bond donors (Lipinski definition) is 0. The van der Waals surface area contributed by atoms with Crippen LogP contribution >= 0.6 is 11.8 Å². The lowest BCUT2D eigenvalue weighted by molar-refractivity contribution is 0.340. The summed E-state index contributed by atoms with van der Waals surface area (Å²) in [5.74, 6) is 3.60. The van der Waals surface area contributed by atoms with Crippen LogP contribution < -0.4 is 19.8 Å². The van der Waals surface area contributed by atoms with E-state index < -0.39 is 0 Å². The van der Waals surface area contributed by atoms with Crippen LogP contribution in [0.1, 0.15) is 18.4 Å². The van der Waals surface area contributed by atoms with E-state index in [0.29, 0.717) is 57.3 Å². The van der Waals surface area contributed by atoms with Crippen LogP contribution in [0.3, 0.4) is 0 Å². The lowest BCUT2D eigenvalue weighted by Gasteiger charge is -2.15. The molecule has 9 heteroatoms. The number of ether oxygens (including phenoxy) is 3. The Labute approximate surface area is 224 Å². The molecular weight excluding hydrogens is 502 g/mol. The Hall–Kier alpha value is -4.24. The summed E-state index contributed by atoms with van der Waals surface area (Å²) in [6, 6.07) is 20.3. The maximum absolute atomic E-state index is 13.6. The molecule has 0 N–H and O–H groups in total. The first-order chi connectivity index (χ1) is 18.5. The van der Waals surface area contributed by atoms with E-state index in [-0.39, 0.29) is 5.56 Å². The molecule has 0 radical (unpaired) electrons. The van der Waals surface area contributed by atoms with Gasteiger partial charge in [-0.15, -0.1) is 0 Å². The summed E-state index contributed by atoms with van der Waals surface area (Å²) in [6.45, 7) is 4.44. The predicted molar refractivity (Wildman–Crippen MR) is 148 cm³/mol. The number of methoxy groups -OCH3 is 2. The van der Waals surface area contributed by atoms with Crippen LogP contribution in [0.2, 0.25) is 0 Å². The Balaban J connectivity index is 1.51. The molecule has 0 atom stereocenters. The van der Waals surface area contributed by atoms with Gasteiger partial charge in [0.1, 0.15) is 11.5 Å². The van der Waals surface area contributed by atoms with E-state index in [1.54, 1.807) is 37.0 Å². The molecule has 194 valence electrons. The number of hydrogen-bond acceptors (Lipinski definition) is 8. The third kappa shape index (κ3) is 4.97. The van der Waals surface area contributed by atoms with Crippen LogP contribution in [0.4, 0.5) is 0 Å². The normalized spacial score (nSPS) is 11.1. The highest BCUT2D eigenvalue weighted by atomic mass is 32.2. The number of fused-ring (bicyclic) bond motifs is 1. The SMILES string of the molecule is CCOc1ccc(-c2nc(CSc3nc4ccccc4c(=O)n3-c3ccc(OC)c(OC)c3)c(C)o2)cc1. The average molecular weight is 530 g/mol. The van der Waals surface area contributed by atoms with Crippen molar-refractivity contribution < 1.29 is 18.6 Å². The van der Waals surface area contributed by atoms with Crippen molar-refractivity contribution in [2.24, 2.45) is 0 Å². The zero-order valence-electron chi connectivity index (χ0n) is 21.6. The number of para-hydroxylation sites is 1. The molecule has 3 aromatic carbocycles. The van der Waals surface area contributed by atoms with Crippen LogP contribution in [0.5, 0.6) is 17.2 Å². The molecule has 2 aromatic heterocycles. The first-order valence-corrected chi connectivity index (χ1v) is 13.1. The Morgan fingerprint density at radius 3 is 2.45 bits per heavy atom. The van der Waals surface area contributed by atoms with Gasteiger partial charge in [0.25, 0.3) is 5.56 Å². The maximum Gasteiger partial charge on any atom is 0.266 e. The van der Waals surface area contributed by atoms with Gasteiger partial charge in [0.2, 0.25) is 5.89 Å². The fourth-order valence-corrected chi connectivity index (χ4v) is 5.09. The molecule has 0 aliphatic carbocycles. The van der Waals surface area contributed by atoms with Crippen LogP contribution in [-0.4, -0.2) is 35.4 Å². The molecule has 5 rings (SSSR count). The lowest BCUT2D eigenvalue weighted by Crippen LogP contribution is -2.21. The van der Waals surface area contributed by atoms with E-state index in [9.17, 15) is 4.79 Å². The number of nitrogens with zero attached hydrogens (tertiary/aromatic N) is 3. The average Bonchev–Trinajstić information content (AvgIpc) is 3.32. The molecule has 8 nitrogen and oxygen atoms in total. The van der Waals surface area contributed by atoms with Gasteiger partial charge in [0.05, 0.1) is 43.1 Å². The second-order valence-electron chi connectivity index (χ2n) is 8.36. The first-order valence-electron chi connectivity index (χ1n) is 12.1. The molecule has 2 heterocycles. The van der Waals surface area contributed by atoms with Crippen molar-refractivity contribution >= 4 is 22.7 Å². The maximum atomic E-state index is 13.6. The van der Waals surface area contributed by atoms with Crippen molar-refractivity contribution in [3.8, 4) is 34.4 Å². The number of oxazole rings is 1. The minimum Gasteiger partial charge on any atom is -0.494 e. The van der Waals surface area contributed by atoms with Gasteiger partial charge < -0.3 is 18.6 Å². The molecule has 0 aliphatic heterocycles. The van der Waals surface area contributed by atoms with Crippen LogP contribution in [0.25, 0.3) is 28.0 Å². The molecule has 0 bridgehead atoms. The van der Waals surface area contributed by atoms with E-state index in [1.165, 1.54) is 11.8 Å². The summed E-state index contributed by atoms with van der Waals surface area (Å²) < 4.78 is 23.9. The molecule has 0 saturated carbocycles. The van der Waals surface area contributed by atoms with Gasteiger partial charge in [-0.2, -0.15) is 0 Å². The van der Waals surface area contributed by atoms with Gasteiger partial charge in [-0.05, 0) is 62.4 Å². The monoisotopic (exact) mass is 529 g/mol. The summed E-state index contributed by atoms with van der Waals surface area (Å²) in [5, 5.41) is 1.06. The predicted octanol–water partition coefficient (Wildman–Crippen LogP) is 6.06. The second-order valence-corrected chi connectivity index (χ2v) is 9.30. The highest BCUT2D eigenvalue weighted by Gasteiger charge is 2.18. The van der Waals surface area contributed by atoms with Crippen molar-refractivity contribution in [2.45, 2.75) is 24.8 Å². The smallest absolute Gasteiger partial charge is 0.266 e. The molecule has 0 unspecified atom stereocenters. The minimum absolute atomic E-state index is 0.169. The summed E-state index contributed by atoms with van der Waals surface area (Å²) in [5.41, 5.74) is 2.72. The Morgan fingerprint density at radius 1 is 0.947 bits per heavy atom. The van der Waals surface area contributed by atoms with E-state index >= 15 is 0 Å². The summed E-state index contributed by atoms with van der Waals surface area (Å²) >= 11 is 1.42. The fraction of sp³-hybridized carbons (Fsp3) is 0.207. The largest absolute Gasteiger partial charge is 0.494 e. The van der Waals surface area contributed by atoms with E-state index in [2.05, 4.69) is 0 Å². The lowest BCUT2D eigenvalue weighted by atomic mass is 10.2. The number of aryl methyl sites for hydroxylation is 1. The fourth-order valence-electron chi connectivity index (χ4n) is 4.08. The quantitative estimate of drug-likeness (QED) is 0.168. The van der Waals surface area contributed by atoms with Gasteiger partial charge >= 0.3 is 0 Å². The molecule has 0 amide bonds. The number of aromatic nitrogens is 3. The molecule has 5 aromatic rings. The minimum atomic E-state index is -0.169. The third-order valence-electron chi connectivity index (χ3n) is 6.01. The van der Waals surface area contributed by atoms with Crippen LogP contribution in [0, 0.1) is 6.92 Å². The van der Waals surface area contributed by atoms with Gasteiger partial charge in [-0.1, -0.05) is 23.9 Å². The first kappa shape index (κ1) is 25.4. The standard InChI is InChI=1S/C29H27N3O5S/c1-5-36-21-13-10-19(11-14-21)27-30-24(18(2)37-27)17-38-29-31-23-9-7-6-8-22(23)28(33)32(29)20-12-15-25(34-3)26(16-20)35-4/h6-16H,5,17H2,1-4H3. The third-order valence-corrected chi connectivity index (χ3v) is 6.96. The second kappa shape index (κ2) is 11.0. The van der Waals surface area contributed by atoms with Crippen molar-refractivity contribution in [3.63, 3.8) is 0 Å². The van der Waals surface area contributed by atoms with Gasteiger partial charge in [-0.25, -0.2) is 9.97 Å². The van der Waals surface area contributed by atoms with E-state index in [1.807, 2.05) is 62.4 Å². The summed E-state index contributed by atoms with van der Waals surface area (Å²) in [7, 11) is 3.14. The molecule has 0 aliphatic rings. The van der Waals surface area contributed by atoms with Crippen LogP contribution in [0.15, 0.2) is 81.1 Å². The number of benzene rings is 3. The van der Waals surface area contributed by atoms with E-state index in [0.717, 1.165) is 17.0 Å². The molecule has 0 saturated heterocycles. The van der Waals surface area contributed by atoms with Crippen molar-refractivity contribution in [3.05, 3.63) is 88.5 Å². The van der Waals surface area contributed by atoms with Crippen LogP contribution in [-0.2, 0) is 5.75 Å². The highest BCUT2D eigenvalue weighted by molar-refractivity contribution is 7.98. The zero-order chi connectivity index (χ0) is 26.6. The van der Waals surface area contributed by atoms with Gasteiger partial charge in [-0.3, -0.25) is 9.36 Å². The van der Waals surface area contributed by atoms with Crippen molar-refractivity contribution in [1.82, 2.24) is 14.5 Å². The van der Waals surface area contributed by atoms with E-state index in [4.69, 9.17) is 28.6 Å².